The normalized spacial score (nSPS) is 11.1. The van der Waals surface area contributed by atoms with Crippen molar-refractivity contribution >= 4 is 30.3 Å². The molecule has 1 aromatic rings. The summed E-state index contributed by atoms with van der Waals surface area (Å²) in [5.41, 5.74) is 0.228. The lowest BCUT2D eigenvalue weighted by Crippen LogP contribution is -2.37. The largest absolute Gasteiger partial charge is 0.488 e. The minimum Gasteiger partial charge on any atom is -0.444 e. The van der Waals surface area contributed by atoms with E-state index in [1.807, 2.05) is 0 Å². The van der Waals surface area contributed by atoms with Crippen molar-refractivity contribution < 1.29 is 19.6 Å². The first-order chi connectivity index (χ1) is 8.69. The maximum Gasteiger partial charge on any atom is 0.488 e. The fraction of sp³-hybridized carbons (Fsp3) is 0.417. The SMILES string of the molecule is CC(C)(C)OC(=O)NCc1cc(Cl)ccc1B(O)O. The minimum absolute atomic E-state index is 0.0996. The molecule has 1 aromatic carbocycles. The molecule has 7 heteroatoms. The molecule has 104 valence electrons. The Morgan fingerprint density at radius 3 is 2.58 bits per heavy atom. The van der Waals surface area contributed by atoms with Gasteiger partial charge in [0.15, 0.2) is 0 Å². The zero-order valence-corrected chi connectivity index (χ0v) is 11.9. The predicted octanol–water partition coefficient (Wildman–Crippen LogP) is 1.04. The molecule has 1 amide bonds. The lowest BCUT2D eigenvalue weighted by Gasteiger charge is -2.20. The smallest absolute Gasteiger partial charge is 0.444 e. The third-order valence-electron chi connectivity index (χ3n) is 2.21. The van der Waals surface area contributed by atoms with E-state index in [1.165, 1.54) is 6.07 Å². The van der Waals surface area contributed by atoms with Gasteiger partial charge in [-0.05, 0) is 43.9 Å². The van der Waals surface area contributed by atoms with E-state index in [0.29, 0.717) is 16.0 Å². The van der Waals surface area contributed by atoms with Crippen molar-refractivity contribution in [3.63, 3.8) is 0 Å². The topological polar surface area (TPSA) is 78.8 Å². The molecule has 1 rings (SSSR count). The highest BCUT2D eigenvalue weighted by molar-refractivity contribution is 6.59. The number of alkyl carbamates (subject to hydrolysis) is 1. The summed E-state index contributed by atoms with van der Waals surface area (Å²) in [6.45, 7) is 5.38. The predicted molar refractivity (Wildman–Crippen MR) is 74.4 cm³/mol. The molecule has 19 heavy (non-hydrogen) atoms. The molecule has 0 bridgehead atoms. The summed E-state index contributed by atoms with van der Waals surface area (Å²) in [6.07, 6.45) is -0.578. The summed E-state index contributed by atoms with van der Waals surface area (Å²) in [6, 6.07) is 4.61. The highest BCUT2D eigenvalue weighted by Gasteiger charge is 2.19. The Labute approximate surface area is 117 Å². The van der Waals surface area contributed by atoms with E-state index in [2.05, 4.69) is 5.32 Å². The number of carbonyl (C=O) groups is 1. The Balaban J connectivity index is 2.72. The second kappa shape index (κ2) is 6.28. The Morgan fingerprint density at radius 1 is 1.42 bits per heavy atom. The van der Waals surface area contributed by atoms with Crippen LogP contribution in [0.3, 0.4) is 0 Å². The molecule has 0 heterocycles. The number of carbonyl (C=O) groups excluding carboxylic acids is 1. The second-order valence-corrected chi connectivity index (χ2v) is 5.51. The number of hydrogen-bond donors (Lipinski definition) is 3. The quantitative estimate of drug-likeness (QED) is 0.725. The van der Waals surface area contributed by atoms with Crippen LogP contribution in [0.15, 0.2) is 18.2 Å². The van der Waals surface area contributed by atoms with Crippen LogP contribution in [-0.4, -0.2) is 28.9 Å². The van der Waals surface area contributed by atoms with Crippen molar-refractivity contribution in [2.24, 2.45) is 0 Å². The van der Waals surface area contributed by atoms with Gasteiger partial charge in [-0.25, -0.2) is 4.79 Å². The molecule has 0 fully saturated rings. The van der Waals surface area contributed by atoms with Gasteiger partial charge in [-0.2, -0.15) is 0 Å². The van der Waals surface area contributed by atoms with Crippen molar-refractivity contribution in [2.45, 2.75) is 32.9 Å². The number of nitrogens with one attached hydrogen (secondary N) is 1. The summed E-state index contributed by atoms with van der Waals surface area (Å²) >= 11 is 5.84. The molecule has 0 radical (unpaired) electrons. The summed E-state index contributed by atoms with van der Waals surface area (Å²) in [4.78, 5) is 11.5. The minimum atomic E-state index is -1.62. The van der Waals surface area contributed by atoms with Gasteiger partial charge in [-0.1, -0.05) is 17.7 Å². The Bertz CT molecular complexity index is 460. The zero-order valence-electron chi connectivity index (χ0n) is 11.1. The first-order valence-electron chi connectivity index (χ1n) is 5.80. The summed E-state index contributed by atoms with van der Waals surface area (Å²) in [7, 11) is -1.62. The van der Waals surface area contributed by atoms with Crippen LogP contribution in [0, 0.1) is 0 Å². The van der Waals surface area contributed by atoms with Gasteiger partial charge in [0, 0.05) is 11.6 Å². The van der Waals surface area contributed by atoms with Gasteiger partial charge in [-0.15, -0.1) is 0 Å². The maximum atomic E-state index is 11.5. The van der Waals surface area contributed by atoms with Crippen molar-refractivity contribution in [1.82, 2.24) is 5.32 Å². The molecule has 0 aliphatic heterocycles. The molecular formula is C12H17BClNO4. The second-order valence-electron chi connectivity index (χ2n) is 5.07. The van der Waals surface area contributed by atoms with Crippen LogP contribution in [0.4, 0.5) is 4.79 Å². The third-order valence-corrected chi connectivity index (χ3v) is 2.44. The molecule has 0 aliphatic rings. The standard InChI is InChI=1S/C12H17BClNO4/c1-12(2,3)19-11(16)15-7-8-6-9(14)4-5-10(8)13(17)18/h4-6,17-18H,7H2,1-3H3,(H,15,16). The Morgan fingerprint density at radius 2 is 2.05 bits per heavy atom. The van der Waals surface area contributed by atoms with Crippen LogP contribution in [0.1, 0.15) is 26.3 Å². The fourth-order valence-corrected chi connectivity index (χ4v) is 1.66. The van der Waals surface area contributed by atoms with E-state index in [4.69, 9.17) is 16.3 Å². The van der Waals surface area contributed by atoms with Crippen LogP contribution in [0.5, 0.6) is 0 Å². The molecule has 0 spiro atoms. The number of hydrogen-bond acceptors (Lipinski definition) is 4. The van der Waals surface area contributed by atoms with E-state index in [9.17, 15) is 14.8 Å². The van der Waals surface area contributed by atoms with Crippen molar-refractivity contribution in [3.8, 4) is 0 Å². The maximum absolute atomic E-state index is 11.5. The van der Waals surface area contributed by atoms with E-state index in [1.54, 1.807) is 32.9 Å². The molecule has 0 aliphatic carbocycles. The third kappa shape index (κ3) is 5.51. The van der Waals surface area contributed by atoms with Gasteiger partial charge >= 0.3 is 13.2 Å². The van der Waals surface area contributed by atoms with Crippen LogP contribution < -0.4 is 10.8 Å². The Hall–Kier alpha value is -1.24. The Kier molecular flexibility index (Phi) is 5.23. The molecule has 0 saturated carbocycles. The number of rotatable bonds is 3. The lowest BCUT2D eigenvalue weighted by atomic mass is 9.77. The van der Waals surface area contributed by atoms with E-state index < -0.39 is 18.8 Å². The van der Waals surface area contributed by atoms with Crippen molar-refractivity contribution in [2.75, 3.05) is 0 Å². The fourth-order valence-electron chi connectivity index (χ4n) is 1.46. The van der Waals surface area contributed by atoms with E-state index >= 15 is 0 Å². The average molecular weight is 286 g/mol. The average Bonchev–Trinajstić information content (AvgIpc) is 2.23. The number of halogens is 1. The molecule has 5 nitrogen and oxygen atoms in total. The first-order valence-corrected chi connectivity index (χ1v) is 6.18. The van der Waals surface area contributed by atoms with Crippen molar-refractivity contribution in [1.29, 1.82) is 0 Å². The number of ether oxygens (including phenoxy) is 1. The van der Waals surface area contributed by atoms with E-state index in [-0.39, 0.29) is 6.54 Å². The summed E-state index contributed by atoms with van der Waals surface area (Å²) in [5.74, 6) is 0. The summed E-state index contributed by atoms with van der Waals surface area (Å²) in [5, 5.41) is 21.4. The van der Waals surface area contributed by atoms with Crippen LogP contribution >= 0.6 is 11.6 Å². The van der Waals surface area contributed by atoms with E-state index in [0.717, 1.165) is 0 Å². The molecular weight excluding hydrogens is 268 g/mol. The van der Waals surface area contributed by atoms with Crippen LogP contribution in [0.2, 0.25) is 5.02 Å². The van der Waals surface area contributed by atoms with Crippen molar-refractivity contribution in [3.05, 3.63) is 28.8 Å². The van der Waals surface area contributed by atoms with Crippen LogP contribution in [0.25, 0.3) is 0 Å². The summed E-state index contributed by atoms with van der Waals surface area (Å²) < 4.78 is 5.08. The molecule has 0 saturated heterocycles. The highest BCUT2D eigenvalue weighted by atomic mass is 35.5. The monoisotopic (exact) mass is 285 g/mol. The molecule has 0 atom stereocenters. The number of benzene rings is 1. The van der Waals surface area contributed by atoms with Gasteiger partial charge in [0.2, 0.25) is 0 Å². The number of amides is 1. The molecule has 0 unspecified atom stereocenters. The van der Waals surface area contributed by atoms with Gasteiger partial charge < -0.3 is 20.1 Å². The molecule has 0 aromatic heterocycles. The first kappa shape index (κ1) is 15.8. The van der Waals surface area contributed by atoms with Gasteiger partial charge in [-0.3, -0.25) is 0 Å². The van der Waals surface area contributed by atoms with Gasteiger partial charge in [0.25, 0.3) is 0 Å². The molecule has 3 N–H and O–H groups in total. The zero-order chi connectivity index (χ0) is 14.6. The lowest BCUT2D eigenvalue weighted by molar-refractivity contribution is 0.0523. The van der Waals surface area contributed by atoms with Crippen LogP contribution in [-0.2, 0) is 11.3 Å². The van der Waals surface area contributed by atoms with Gasteiger partial charge in [0.05, 0.1) is 0 Å². The van der Waals surface area contributed by atoms with Gasteiger partial charge in [0.1, 0.15) is 5.60 Å². The highest BCUT2D eigenvalue weighted by Crippen LogP contribution is 2.10.